The van der Waals surface area contributed by atoms with Crippen LogP contribution in [0.25, 0.3) is 33.5 Å². The molecule has 2 aromatic carbocycles. The zero-order chi connectivity index (χ0) is 28.2. The average molecular weight is 578 g/mol. The Morgan fingerprint density at radius 3 is 2.51 bits per heavy atom. The monoisotopic (exact) mass is 577 g/mol. The SMILES string of the molecule is O=C(O)CCCCC[n+]1ccc(-c2nc3cc(S(=O)(=O)[O-])c(OCCCS(=O)(=O)[O-])cc3o2)c2ccccc21. The minimum absolute atomic E-state index is 0.105. The first-order valence-electron chi connectivity index (χ1n) is 12.0. The quantitative estimate of drug-likeness (QED) is 0.140. The second kappa shape index (κ2) is 11.7. The Morgan fingerprint density at radius 1 is 1.03 bits per heavy atom. The number of fused-ring (bicyclic) bond motifs is 2. The summed E-state index contributed by atoms with van der Waals surface area (Å²) in [6, 6.07) is 11.6. The summed E-state index contributed by atoms with van der Waals surface area (Å²) in [5, 5.41) is 9.61. The lowest BCUT2D eigenvalue weighted by Gasteiger charge is -2.14. The standard InChI is InChI=1S/C25H26N2O10S2/c28-24(29)9-2-1-5-11-27-12-10-18(17-7-3-4-8-20(17)27)25-26-19-15-23(39(33,34)35)22(16-21(19)37-25)36-13-6-14-38(30,31)32/h3-4,7-8,10,12,15-16H,1-2,5-6,9,11,13-14H2,(H2-,28,29,30,31,32,33,34,35)/p-1. The van der Waals surface area contributed by atoms with Gasteiger partial charge in [-0.05, 0) is 31.4 Å². The molecule has 0 aliphatic heterocycles. The molecule has 0 bridgehead atoms. The van der Waals surface area contributed by atoms with Gasteiger partial charge in [-0.15, -0.1) is 0 Å². The third kappa shape index (κ3) is 7.29. The summed E-state index contributed by atoms with van der Waals surface area (Å²) in [4.78, 5) is 14.4. The lowest BCUT2D eigenvalue weighted by Crippen LogP contribution is -2.34. The van der Waals surface area contributed by atoms with Crippen molar-refractivity contribution in [2.24, 2.45) is 0 Å². The van der Waals surface area contributed by atoms with Crippen molar-refractivity contribution in [2.45, 2.75) is 43.5 Å². The van der Waals surface area contributed by atoms with Crippen LogP contribution in [0.2, 0.25) is 0 Å². The molecular formula is C25H25N2O10S2-. The van der Waals surface area contributed by atoms with Crippen molar-refractivity contribution in [3.63, 3.8) is 0 Å². The molecule has 4 aromatic rings. The first kappa shape index (κ1) is 28.4. The maximum Gasteiger partial charge on any atom is 0.303 e. The number of aryl methyl sites for hydroxylation is 1. The summed E-state index contributed by atoms with van der Waals surface area (Å²) in [5.74, 6) is -1.67. The molecule has 1 N–H and O–H groups in total. The molecule has 2 heterocycles. The minimum Gasteiger partial charge on any atom is -0.748 e. The number of rotatable bonds is 13. The van der Waals surface area contributed by atoms with Crippen LogP contribution >= 0.6 is 0 Å². The highest BCUT2D eigenvalue weighted by Gasteiger charge is 2.20. The highest BCUT2D eigenvalue weighted by Crippen LogP contribution is 2.34. The fourth-order valence-corrected chi connectivity index (χ4v) is 5.27. The molecule has 0 saturated heterocycles. The van der Waals surface area contributed by atoms with Crippen LogP contribution in [-0.4, -0.2) is 54.4 Å². The van der Waals surface area contributed by atoms with E-state index in [1.165, 1.54) is 6.07 Å². The van der Waals surface area contributed by atoms with Crippen molar-refractivity contribution in [1.29, 1.82) is 0 Å². The van der Waals surface area contributed by atoms with E-state index in [0.717, 1.165) is 29.8 Å². The Morgan fingerprint density at radius 2 is 1.79 bits per heavy atom. The molecule has 0 amide bonds. The number of para-hydroxylation sites is 1. The van der Waals surface area contributed by atoms with E-state index in [1.807, 2.05) is 35.0 Å². The molecule has 0 atom stereocenters. The van der Waals surface area contributed by atoms with Crippen LogP contribution in [0.5, 0.6) is 5.75 Å². The number of carboxylic acids is 1. The molecule has 12 nitrogen and oxygen atoms in total. The molecule has 0 radical (unpaired) electrons. The number of carboxylic acid groups (broad SMARTS) is 1. The lowest BCUT2D eigenvalue weighted by atomic mass is 10.1. The topological polar surface area (TPSA) is 191 Å². The van der Waals surface area contributed by atoms with Crippen LogP contribution in [0.4, 0.5) is 0 Å². The molecule has 0 saturated carbocycles. The third-order valence-electron chi connectivity index (χ3n) is 5.96. The second-order valence-electron chi connectivity index (χ2n) is 8.85. The molecule has 0 aliphatic carbocycles. The molecule has 14 heteroatoms. The first-order valence-corrected chi connectivity index (χ1v) is 15.0. The van der Waals surface area contributed by atoms with Gasteiger partial charge in [0.25, 0.3) is 0 Å². The Hall–Kier alpha value is -3.59. The Labute approximate surface area is 224 Å². The smallest absolute Gasteiger partial charge is 0.303 e. The van der Waals surface area contributed by atoms with Crippen LogP contribution in [-0.2, 0) is 31.6 Å². The van der Waals surface area contributed by atoms with Crippen molar-refractivity contribution >= 4 is 48.2 Å². The Bertz CT molecular complexity index is 1730. The number of oxazole rings is 1. The number of benzene rings is 2. The summed E-state index contributed by atoms with van der Waals surface area (Å²) in [6.07, 6.45) is 3.95. The van der Waals surface area contributed by atoms with Gasteiger partial charge in [0.2, 0.25) is 11.4 Å². The molecular weight excluding hydrogens is 552 g/mol. The fourth-order valence-electron chi connectivity index (χ4n) is 4.18. The molecule has 208 valence electrons. The van der Waals surface area contributed by atoms with E-state index in [-0.39, 0.29) is 42.2 Å². The average Bonchev–Trinajstić information content (AvgIpc) is 3.27. The molecule has 4 rings (SSSR count). The van der Waals surface area contributed by atoms with Crippen LogP contribution in [0, 0.1) is 0 Å². The third-order valence-corrected chi connectivity index (χ3v) is 7.61. The number of pyridine rings is 1. The molecule has 0 unspecified atom stereocenters. The van der Waals surface area contributed by atoms with Gasteiger partial charge in [-0.3, -0.25) is 4.79 Å². The van der Waals surface area contributed by atoms with Crippen LogP contribution in [0.1, 0.15) is 32.1 Å². The predicted molar refractivity (Wildman–Crippen MR) is 136 cm³/mol. The zero-order valence-electron chi connectivity index (χ0n) is 20.6. The van der Waals surface area contributed by atoms with Crippen LogP contribution in [0.3, 0.4) is 0 Å². The van der Waals surface area contributed by atoms with Crippen molar-refractivity contribution in [1.82, 2.24) is 4.98 Å². The van der Waals surface area contributed by atoms with Crippen molar-refractivity contribution < 1.29 is 49.6 Å². The van der Waals surface area contributed by atoms with E-state index in [1.54, 1.807) is 6.07 Å². The van der Waals surface area contributed by atoms with E-state index in [2.05, 4.69) is 4.98 Å². The lowest BCUT2D eigenvalue weighted by molar-refractivity contribution is -0.671. The summed E-state index contributed by atoms with van der Waals surface area (Å²) >= 11 is 0. The van der Waals surface area contributed by atoms with E-state index in [4.69, 9.17) is 14.3 Å². The highest BCUT2D eigenvalue weighted by molar-refractivity contribution is 7.86. The largest absolute Gasteiger partial charge is 0.748 e. The normalized spacial score (nSPS) is 12.3. The van der Waals surface area contributed by atoms with Crippen molar-refractivity contribution in [2.75, 3.05) is 12.4 Å². The minimum atomic E-state index is -4.98. The number of hydrogen-bond donors (Lipinski definition) is 1. The van der Waals surface area contributed by atoms with Gasteiger partial charge in [0.1, 0.15) is 27.9 Å². The van der Waals surface area contributed by atoms with E-state index < -0.39 is 36.9 Å². The number of ether oxygens (including phenoxy) is 1. The van der Waals surface area contributed by atoms with E-state index in [9.17, 15) is 30.7 Å². The van der Waals surface area contributed by atoms with Gasteiger partial charge in [0.15, 0.2) is 11.8 Å². The van der Waals surface area contributed by atoms with Crippen molar-refractivity contribution in [3.8, 4) is 17.2 Å². The Kier molecular flexibility index (Phi) is 8.49. The summed E-state index contributed by atoms with van der Waals surface area (Å²) in [6.45, 7) is 0.364. The van der Waals surface area contributed by atoms with Crippen LogP contribution < -0.4 is 9.30 Å². The van der Waals surface area contributed by atoms with Gasteiger partial charge < -0.3 is 23.4 Å². The number of aliphatic carboxylic acids is 1. The number of unbranched alkanes of at least 4 members (excludes halogenated alkanes) is 2. The van der Waals surface area contributed by atoms with Gasteiger partial charge in [-0.2, -0.15) is 4.57 Å². The van der Waals surface area contributed by atoms with Crippen LogP contribution in [0.15, 0.2) is 58.0 Å². The Balaban J connectivity index is 1.65. The van der Waals surface area contributed by atoms with Crippen molar-refractivity contribution in [3.05, 3.63) is 48.7 Å². The molecule has 0 spiro atoms. The number of nitrogens with zero attached hydrogens (tertiary/aromatic N) is 2. The number of aromatic nitrogens is 2. The molecule has 39 heavy (non-hydrogen) atoms. The molecule has 2 aromatic heterocycles. The molecule has 0 aliphatic rings. The number of carbonyl (C=O) groups is 1. The van der Waals surface area contributed by atoms with Gasteiger partial charge in [0, 0.05) is 36.8 Å². The van der Waals surface area contributed by atoms with Gasteiger partial charge in [-0.1, -0.05) is 12.1 Å². The maximum atomic E-state index is 11.9. The fraction of sp³-hybridized carbons (Fsp3) is 0.320. The van der Waals surface area contributed by atoms with Gasteiger partial charge >= 0.3 is 5.97 Å². The van der Waals surface area contributed by atoms with Gasteiger partial charge in [-0.25, -0.2) is 21.8 Å². The first-order chi connectivity index (χ1) is 18.4. The number of hydrogen-bond acceptors (Lipinski definition) is 10. The summed E-state index contributed by atoms with van der Waals surface area (Å²) in [5.41, 5.74) is 1.76. The summed E-state index contributed by atoms with van der Waals surface area (Å²) in [7, 11) is -9.45. The second-order valence-corrected chi connectivity index (χ2v) is 11.7. The zero-order valence-corrected chi connectivity index (χ0v) is 22.2. The van der Waals surface area contributed by atoms with Gasteiger partial charge in [0.05, 0.1) is 32.6 Å². The van der Waals surface area contributed by atoms with E-state index >= 15 is 0 Å². The maximum absolute atomic E-state index is 11.9. The summed E-state index contributed by atoms with van der Waals surface area (Å²) < 4.78 is 81.3. The predicted octanol–water partition coefficient (Wildman–Crippen LogP) is 2.80. The molecule has 0 fully saturated rings. The highest BCUT2D eigenvalue weighted by atomic mass is 32.2. The van der Waals surface area contributed by atoms with E-state index in [0.29, 0.717) is 18.5 Å².